The number of unbranched alkanes of at least 4 members (excludes halogenated alkanes) is 10. The van der Waals surface area contributed by atoms with Crippen LogP contribution in [0.3, 0.4) is 0 Å². The third-order valence-corrected chi connectivity index (χ3v) is 6.45. The number of rotatable bonds is 18. The van der Waals surface area contributed by atoms with Gasteiger partial charge in [-0.25, -0.2) is 9.59 Å². The Hall–Kier alpha value is -2.56. The highest BCUT2D eigenvalue weighted by Gasteiger charge is 2.25. The molecule has 1 aromatic heterocycles. The first-order valence-electron chi connectivity index (χ1n) is 13.8. The number of hydrogen-bond acceptors (Lipinski definition) is 4. The molecule has 0 aliphatic rings. The van der Waals surface area contributed by atoms with Gasteiger partial charge in [0.2, 0.25) is 0 Å². The summed E-state index contributed by atoms with van der Waals surface area (Å²) in [6.45, 7) is 6.51. The van der Waals surface area contributed by atoms with E-state index in [0.29, 0.717) is 5.56 Å². The smallest absolute Gasteiger partial charge is 0.364 e. The van der Waals surface area contributed by atoms with Crippen LogP contribution in [-0.4, -0.2) is 23.3 Å². The Morgan fingerprint density at radius 1 is 0.714 bits per heavy atom. The van der Waals surface area contributed by atoms with E-state index in [4.69, 9.17) is 9.57 Å². The average Bonchev–Trinajstić information content (AvgIpc) is 3.36. The van der Waals surface area contributed by atoms with Crippen molar-refractivity contribution in [2.75, 3.05) is 6.61 Å². The molecule has 0 saturated heterocycles. The zero-order valence-electron chi connectivity index (χ0n) is 22.2. The second kappa shape index (κ2) is 17.0. The number of esters is 1. The topological polar surface area (TPSA) is 57.5 Å². The van der Waals surface area contributed by atoms with Crippen molar-refractivity contribution in [3.05, 3.63) is 58.9 Å². The third kappa shape index (κ3) is 9.91. The van der Waals surface area contributed by atoms with Crippen molar-refractivity contribution < 1.29 is 19.2 Å². The molecule has 0 unspecified atom stereocenters. The maximum Gasteiger partial charge on any atom is 0.364 e. The van der Waals surface area contributed by atoms with Gasteiger partial charge in [0.1, 0.15) is 0 Å². The van der Waals surface area contributed by atoms with Gasteiger partial charge in [-0.2, -0.15) is 4.73 Å². The molecule has 0 spiro atoms. The summed E-state index contributed by atoms with van der Waals surface area (Å²) in [6.07, 6.45) is 19.4. The number of aryl methyl sites for hydroxylation is 1. The number of hydrogen-bond donors (Lipinski definition) is 0. The van der Waals surface area contributed by atoms with Crippen molar-refractivity contribution >= 4 is 11.9 Å². The third-order valence-electron chi connectivity index (χ3n) is 6.45. The molecule has 194 valence electrons. The van der Waals surface area contributed by atoms with E-state index in [9.17, 15) is 9.59 Å². The van der Waals surface area contributed by atoms with Gasteiger partial charge >= 0.3 is 11.9 Å². The lowest BCUT2D eigenvalue weighted by Crippen LogP contribution is -2.23. The highest BCUT2D eigenvalue weighted by Crippen LogP contribution is 2.26. The molecular weight excluding hydrogens is 438 g/mol. The fourth-order valence-electron chi connectivity index (χ4n) is 4.52. The first kappa shape index (κ1) is 28.7. The van der Waals surface area contributed by atoms with Crippen molar-refractivity contribution in [1.82, 2.24) is 4.73 Å². The Bertz CT molecular complexity index is 873. The van der Waals surface area contributed by atoms with Crippen LogP contribution >= 0.6 is 0 Å². The van der Waals surface area contributed by atoms with Gasteiger partial charge < -0.3 is 9.57 Å². The van der Waals surface area contributed by atoms with Crippen molar-refractivity contribution in [3.8, 4) is 0 Å². The molecule has 2 aromatic rings. The van der Waals surface area contributed by atoms with E-state index in [-0.39, 0.29) is 12.2 Å². The van der Waals surface area contributed by atoms with E-state index in [2.05, 4.69) is 13.8 Å². The number of carbonyl (C=O) groups excluding carboxylic acids is 2. The molecule has 1 aromatic carbocycles. The van der Waals surface area contributed by atoms with Gasteiger partial charge in [0.15, 0.2) is 0 Å². The maximum atomic E-state index is 13.1. The molecule has 0 aliphatic carbocycles. The molecule has 0 atom stereocenters. The van der Waals surface area contributed by atoms with E-state index in [1.807, 2.05) is 6.07 Å². The normalized spacial score (nSPS) is 10.9. The van der Waals surface area contributed by atoms with Crippen LogP contribution in [-0.2, 0) is 17.6 Å². The average molecular weight is 484 g/mol. The van der Waals surface area contributed by atoms with Crippen LogP contribution in [0, 0.1) is 0 Å². The summed E-state index contributed by atoms with van der Waals surface area (Å²) in [7, 11) is 0. The number of ether oxygens (including phenoxy) is 1. The lowest BCUT2D eigenvalue weighted by atomic mass is 9.89. The van der Waals surface area contributed by atoms with Gasteiger partial charge in [-0.1, -0.05) is 84.1 Å². The van der Waals surface area contributed by atoms with Gasteiger partial charge in [-0.05, 0) is 61.9 Å². The van der Waals surface area contributed by atoms with Crippen molar-refractivity contribution in [3.63, 3.8) is 0 Å². The fraction of sp³-hybridized carbons (Fsp3) is 0.600. The van der Waals surface area contributed by atoms with Gasteiger partial charge in [-0.3, -0.25) is 0 Å². The molecule has 0 N–H and O–H groups in total. The quantitative estimate of drug-likeness (QED) is 0.161. The van der Waals surface area contributed by atoms with Crippen LogP contribution in [0.5, 0.6) is 0 Å². The number of nitrogens with zero attached hydrogens (tertiary/aromatic N) is 1. The van der Waals surface area contributed by atoms with Crippen molar-refractivity contribution in [2.45, 2.75) is 111 Å². The number of carbonyl (C=O) groups is 2. The van der Waals surface area contributed by atoms with Crippen LogP contribution in [0.4, 0.5) is 0 Å². The highest BCUT2D eigenvalue weighted by molar-refractivity contribution is 6.04. The van der Waals surface area contributed by atoms with Crippen LogP contribution in [0.25, 0.3) is 0 Å². The Labute approximate surface area is 212 Å². The SMILES string of the molecule is CCCCCCCCc1ccc(C(=O)On2cccc2)c(C(=O)OCC)c1CCCCCCCC. The summed E-state index contributed by atoms with van der Waals surface area (Å²) < 4.78 is 6.78. The van der Waals surface area contributed by atoms with Gasteiger partial charge in [-0.15, -0.1) is 0 Å². The second-order valence-electron chi connectivity index (χ2n) is 9.30. The van der Waals surface area contributed by atoms with Gasteiger partial charge in [0, 0.05) is 12.4 Å². The summed E-state index contributed by atoms with van der Waals surface area (Å²) in [5.74, 6) is -0.975. The van der Waals surface area contributed by atoms with E-state index >= 15 is 0 Å². The molecule has 35 heavy (non-hydrogen) atoms. The minimum Gasteiger partial charge on any atom is -0.462 e. The Balaban J connectivity index is 2.27. The van der Waals surface area contributed by atoms with E-state index < -0.39 is 11.9 Å². The number of aromatic nitrogens is 1. The minimum atomic E-state index is -0.542. The van der Waals surface area contributed by atoms with Crippen LogP contribution in [0.2, 0.25) is 0 Å². The Kier molecular flexibility index (Phi) is 13.9. The molecule has 0 aliphatic heterocycles. The fourth-order valence-corrected chi connectivity index (χ4v) is 4.52. The summed E-state index contributed by atoms with van der Waals surface area (Å²) in [5.41, 5.74) is 2.80. The summed E-state index contributed by atoms with van der Waals surface area (Å²) >= 11 is 0. The summed E-state index contributed by atoms with van der Waals surface area (Å²) in [4.78, 5) is 31.7. The first-order valence-corrected chi connectivity index (χ1v) is 13.8. The van der Waals surface area contributed by atoms with Gasteiger partial charge in [0.05, 0.1) is 17.7 Å². The standard InChI is InChI=1S/C30H45NO4/c1-4-7-9-11-13-15-19-25-21-22-27(29(32)35-31-23-17-18-24-31)28(30(33)34-6-3)26(25)20-16-14-12-10-8-5-2/h17-18,21-24H,4-16,19-20H2,1-3H3. The first-order chi connectivity index (χ1) is 17.1. The predicted molar refractivity (Wildman–Crippen MR) is 142 cm³/mol. The summed E-state index contributed by atoms with van der Waals surface area (Å²) in [6, 6.07) is 7.34. The van der Waals surface area contributed by atoms with Crippen LogP contribution in [0.15, 0.2) is 36.7 Å². The molecule has 0 saturated carbocycles. The van der Waals surface area contributed by atoms with Crippen molar-refractivity contribution in [1.29, 1.82) is 0 Å². The maximum absolute atomic E-state index is 13.1. The minimum absolute atomic E-state index is 0.267. The van der Waals surface area contributed by atoms with E-state index in [1.54, 1.807) is 37.5 Å². The molecular formula is C30H45NO4. The molecule has 1 heterocycles. The van der Waals surface area contributed by atoms with Gasteiger partial charge in [0.25, 0.3) is 0 Å². The Morgan fingerprint density at radius 3 is 1.89 bits per heavy atom. The lowest BCUT2D eigenvalue weighted by Gasteiger charge is -2.18. The largest absolute Gasteiger partial charge is 0.462 e. The molecule has 5 nitrogen and oxygen atoms in total. The highest BCUT2D eigenvalue weighted by atomic mass is 16.7. The zero-order chi connectivity index (χ0) is 25.3. The molecule has 0 radical (unpaired) electrons. The summed E-state index contributed by atoms with van der Waals surface area (Å²) in [5, 5.41) is 0. The monoisotopic (exact) mass is 483 g/mol. The zero-order valence-corrected chi connectivity index (χ0v) is 22.2. The van der Waals surface area contributed by atoms with Crippen molar-refractivity contribution in [2.24, 2.45) is 0 Å². The molecule has 0 amide bonds. The predicted octanol–water partition coefficient (Wildman–Crippen LogP) is 7.74. The molecule has 0 bridgehead atoms. The van der Waals surface area contributed by atoms with Crippen LogP contribution in [0.1, 0.15) is 130 Å². The molecule has 5 heteroatoms. The Morgan fingerprint density at radius 2 is 1.29 bits per heavy atom. The van der Waals surface area contributed by atoms with E-state index in [0.717, 1.165) is 43.2 Å². The number of benzene rings is 1. The molecule has 2 rings (SSSR count). The second-order valence-corrected chi connectivity index (χ2v) is 9.30. The lowest BCUT2D eigenvalue weighted by molar-refractivity contribution is 0.0437. The van der Waals surface area contributed by atoms with Crippen LogP contribution < -0.4 is 4.84 Å². The van der Waals surface area contributed by atoms with E-state index in [1.165, 1.54) is 62.5 Å². The molecule has 0 fully saturated rings.